The number of benzene rings is 1. The Labute approximate surface area is 197 Å². The van der Waals surface area contributed by atoms with Gasteiger partial charge in [-0.05, 0) is 38.3 Å². The van der Waals surface area contributed by atoms with Crippen LogP contribution < -0.4 is 15.5 Å². The Hall–Kier alpha value is -1.84. The van der Waals surface area contributed by atoms with Crippen molar-refractivity contribution in [1.82, 2.24) is 25.4 Å². The quantitative estimate of drug-likeness (QED) is 0.239. The van der Waals surface area contributed by atoms with Crippen LogP contribution in [0.3, 0.4) is 0 Å². The summed E-state index contributed by atoms with van der Waals surface area (Å²) in [6.07, 6.45) is 7.44. The van der Waals surface area contributed by atoms with Crippen molar-refractivity contribution in [3.05, 3.63) is 42.0 Å². The van der Waals surface area contributed by atoms with Crippen molar-refractivity contribution in [1.29, 1.82) is 0 Å². The first kappa shape index (κ1) is 24.4. The fourth-order valence-electron chi connectivity index (χ4n) is 3.67. The van der Waals surface area contributed by atoms with Crippen molar-refractivity contribution in [3.8, 4) is 0 Å². The Balaban J connectivity index is 0.00000320. The Morgan fingerprint density at radius 1 is 1.17 bits per heavy atom. The highest BCUT2D eigenvalue weighted by Gasteiger charge is 2.15. The van der Waals surface area contributed by atoms with E-state index in [-0.39, 0.29) is 24.0 Å². The average molecular weight is 525 g/mol. The normalized spacial score (nSPS) is 14.8. The van der Waals surface area contributed by atoms with Crippen LogP contribution in [0.2, 0.25) is 0 Å². The summed E-state index contributed by atoms with van der Waals surface area (Å²) in [4.78, 5) is 7.08. The maximum Gasteiger partial charge on any atom is 0.191 e. The number of aromatic nitrogens is 3. The number of rotatable bonds is 8. The number of aryl methyl sites for hydroxylation is 1. The lowest BCUT2D eigenvalue weighted by Gasteiger charge is -2.25. The van der Waals surface area contributed by atoms with Gasteiger partial charge in [-0.1, -0.05) is 37.5 Å². The molecule has 1 heterocycles. The number of nitrogens with one attached hydrogen (secondary N) is 2. The van der Waals surface area contributed by atoms with E-state index < -0.39 is 0 Å². The molecule has 0 spiro atoms. The van der Waals surface area contributed by atoms with Crippen molar-refractivity contribution in [2.24, 2.45) is 12.0 Å². The number of aliphatic imine (C=N–C) groups is 1. The molecule has 0 amide bonds. The van der Waals surface area contributed by atoms with Crippen LogP contribution in [0.5, 0.6) is 0 Å². The van der Waals surface area contributed by atoms with Gasteiger partial charge in [0.15, 0.2) is 11.8 Å². The third-order valence-electron chi connectivity index (χ3n) is 5.67. The van der Waals surface area contributed by atoms with Gasteiger partial charge in [-0.25, -0.2) is 4.99 Å². The molecule has 1 aliphatic carbocycles. The summed E-state index contributed by atoms with van der Waals surface area (Å²) in [5.41, 5.74) is 1.25. The summed E-state index contributed by atoms with van der Waals surface area (Å²) in [7, 11) is 4.13. The summed E-state index contributed by atoms with van der Waals surface area (Å²) >= 11 is 0. The van der Waals surface area contributed by atoms with E-state index in [1.165, 1.54) is 37.8 Å². The van der Waals surface area contributed by atoms with E-state index in [0.29, 0.717) is 12.6 Å². The molecule has 1 aromatic carbocycles. The third kappa shape index (κ3) is 7.45. The topological polar surface area (TPSA) is 70.4 Å². The number of hydrogen-bond donors (Lipinski definition) is 2. The monoisotopic (exact) mass is 525 g/mol. The fraction of sp³-hybridized carbons (Fsp3) is 0.591. The average Bonchev–Trinajstić information content (AvgIpc) is 3.08. The molecule has 0 unspecified atom stereocenters. The summed E-state index contributed by atoms with van der Waals surface area (Å²) in [5, 5.41) is 15.5. The minimum atomic E-state index is 0. The molecule has 1 aromatic heterocycles. The van der Waals surface area contributed by atoms with Crippen LogP contribution in [0.4, 0.5) is 5.69 Å². The Morgan fingerprint density at radius 3 is 2.57 bits per heavy atom. The molecule has 2 aromatic rings. The van der Waals surface area contributed by atoms with Gasteiger partial charge >= 0.3 is 0 Å². The molecular formula is C22H36IN7. The maximum atomic E-state index is 4.79. The first-order valence-corrected chi connectivity index (χ1v) is 10.8. The number of nitrogens with zero attached hydrogens (tertiary/aromatic N) is 5. The summed E-state index contributed by atoms with van der Waals surface area (Å²) in [6.45, 7) is 4.37. The molecule has 1 aliphatic rings. The highest BCUT2D eigenvalue weighted by atomic mass is 127. The van der Waals surface area contributed by atoms with Gasteiger partial charge in [0.05, 0.1) is 0 Å². The summed E-state index contributed by atoms with van der Waals surface area (Å²) in [6, 6.07) is 11.0. The van der Waals surface area contributed by atoms with Gasteiger partial charge in [-0.2, -0.15) is 0 Å². The third-order valence-corrected chi connectivity index (χ3v) is 5.67. The largest absolute Gasteiger partial charge is 0.375 e. The molecule has 1 saturated carbocycles. The lowest BCUT2D eigenvalue weighted by Crippen LogP contribution is -2.45. The van der Waals surface area contributed by atoms with Crippen LogP contribution in [-0.4, -0.2) is 46.9 Å². The smallest absolute Gasteiger partial charge is 0.191 e. The van der Waals surface area contributed by atoms with Gasteiger partial charge in [0.1, 0.15) is 12.4 Å². The first-order valence-electron chi connectivity index (χ1n) is 10.8. The van der Waals surface area contributed by atoms with E-state index in [2.05, 4.69) is 63.1 Å². The van der Waals surface area contributed by atoms with Gasteiger partial charge in [0.25, 0.3) is 0 Å². The maximum absolute atomic E-state index is 4.79. The van der Waals surface area contributed by atoms with E-state index in [1.54, 1.807) is 0 Å². The molecule has 1 fully saturated rings. The molecular weight excluding hydrogens is 489 g/mol. The van der Waals surface area contributed by atoms with Crippen molar-refractivity contribution < 1.29 is 0 Å². The number of halogens is 1. The van der Waals surface area contributed by atoms with Crippen molar-refractivity contribution in [2.75, 3.05) is 25.0 Å². The summed E-state index contributed by atoms with van der Waals surface area (Å²) in [5.74, 6) is 2.69. The zero-order chi connectivity index (χ0) is 20.5. The predicted molar refractivity (Wildman–Crippen MR) is 135 cm³/mol. The molecule has 0 saturated heterocycles. The minimum Gasteiger partial charge on any atom is -0.375 e. The van der Waals surface area contributed by atoms with Crippen LogP contribution in [0.25, 0.3) is 0 Å². The van der Waals surface area contributed by atoms with Crippen LogP contribution in [0.1, 0.15) is 50.2 Å². The molecule has 0 bridgehead atoms. The molecule has 2 N–H and O–H groups in total. The lowest BCUT2D eigenvalue weighted by atomic mass is 9.96. The minimum absolute atomic E-state index is 0. The van der Waals surface area contributed by atoms with Gasteiger partial charge < -0.3 is 20.1 Å². The Bertz CT molecular complexity index is 769. The summed E-state index contributed by atoms with van der Waals surface area (Å²) < 4.78 is 2.00. The van der Waals surface area contributed by atoms with Crippen molar-refractivity contribution in [2.45, 2.75) is 58.0 Å². The molecule has 166 valence electrons. The second-order valence-corrected chi connectivity index (χ2v) is 7.90. The standard InChI is InChI=1S/C22H35N7.HI/c1-18-26-27-21(29(18)3)17-24-22(25-19-11-6-4-7-12-19)23-15-10-16-28(2)20-13-8-5-9-14-20;/h5,8-9,13-14,19H,4,6-7,10-12,15-17H2,1-3H3,(H2,23,24,25);1H. The van der Waals surface area contributed by atoms with Crippen molar-refractivity contribution >= 4 is 35.6 Å². The lowest BCUT2D eigenvalue weighted by molar-refractivity contribution is 0.409. The zero-order valence-corrected chi connectivity index (χ0v) is 20.8. The van der Waals surface area contributed by atoms with Crippen LogP contribution in [0.15, 0.2) is 35.3 Å². The SMILES string of the molecule is Cc1nnc(CN=C(NCCCN(C)c2ccccc2)NC2CCCCC2)n1C.I. The second-order valence-electron chi connectivity index (χ2n) is 7.90. The highest BCUT2D eigenvalue weighted by Crippen LogP contribution is 2.17. The van der Waals surface area contributed by atoms with Gasteiger partial charge in [-0.15, -0.1) is 34.2 Å². The van der Waals surface area contributed by atoms with E-state index in [1.807, 2.05) is 18.5 Å². The number of guanidine groups is 1. The molecule has 8 heteroatoms. The van der Waals surface area contributed by atoms with E-state index in [0.717, 1.165) is 37.1 Å². The van der Waals surface area contributed by atoms with Crippen LogP contribution in [0, 0.1) is 6.92 Å². The van der Waals surface area contributed by atoms with Crippen LogP contribution >= 0.6 is 24.0 Å². The molecule has 0 radical (unpaired) electrons. The van der Waals surface area contributed by atoms with Gasteiger partial charge in [0, 0.05) is 38.9 Å². The molecule has 3 rings (SSSR count). The van der Waals surface area contributed by atoms with Crippen LogP contribution in [-0.2, 0) is 13.6 Å². The Kier molecular flexibility index (Phi) is 10.4. The fourth-order valence-corrected chi connectivity index (χ4v) is 3.67. The van der Waals surface area contributed by atoms with E-state index in [4.69, 9.17) is 4.99 Å². The molecule has 30 heavy (non-hydrogen) atoms. The number of hydrogen-bond acceptors (Lipinski definition) is 4. The molecule has 0 aliphatic heterocycles. The second kappa shape index (κ2) is 12.8. The van der Waals surface area contributed by atoms with Gasteiger partial charge in [0.2, 0.25) is 0 Å². The van der Waals surface area contributed by atoms with E-state index in [9.17, 15) is 0 Å². The molecule has 7 nitrogen and oxygen atoms in total. The predicted octanol–water partition coefficient (Wildman–Crippen LogP) is 3.64. The first-order chi connectivity index (χ1) is 14.1. The number of para-hydroxylation sites is 1. The Morgan fingerprint density at radius 2 is 1.90 bits per heavy atom. The van der Waals surface area contributed by atoms with E-state index >= 15 is 0 Å². The van der Waals surface area contributed by atoms with Gasteiger partial charge in [-0.3, -0.25) is 0 Å². The number of anilines is 1. The zero-order valence-electron chi connectivity index (χ0n) is 18.5. The highest BCUT2D eigenvalue weighted by molar-refractivity contribution is 14.0. The molecule has 0 atom stereocenters. The van der Waals surface area contributed by atoms with Crippen molar-refractivity contribution in [3.63, 3.8) is 0 Å².